The average molecular weight is 569 g/mol. The third-order valence-corrected chi connectivity index (χ3v) is 6.36. The number of aromatic nitrogens is 3. The maximum absolute atomic E-state index is 6.34. The van der Waals surface area contributed by atoms with E-state index in [-0.39, 0.29) is 30.1 Å². The first-order valence-electron chi connectivity index (χ1n) is 12.0. The highest BCUT2D eigenvalue weighted by molar-refractivity contribution is 14.0. The minimum atomic E-state index is 0. The molecule has 1 aromatic carbocycles. The molecule has 1 aliphatic heterocycles. The number of aryl methyl sites for hydroxylation is 1. The van der Waals surface area contributed by atoms with E-state index < -0.39 is 0 Å². The lowest BCUT2D eigenvalue weighted by Crippen LogP contribution is -2.38. The lowest BCUT2D eigenvalue weighted by molar-refractivity contribution is 0.198. The zero-order valence-electron chi connectivity index (χ0n) is 19.8. The van der Waals surface area contributed by atoms with Crippen LogP contribution in [0.3, 0.4) is 0 Å². The van der Waals surface area contributed by atoms with Gasteiger partial charge in [-0.2, -0.15) is 0 Å². The number of methoxy groups -OCH3 is 1. The van der Waals surface area contributed by atoms with Crippen LogP contribution in [-0.4, -0.2) is 47.5 Å². The van der Waals surface area contributed by atoms with Crippen LogP contribution in [0.15, 0.2) is 23.2 Å². The van der Waals surface area contributed by atoms with Gasteiger partial charge in [0.1, 0.15) is 11.6 Å². The zero-order valence-corrected chi connectivity index (χ0v) is 22.1. The van der Waals surface area contributed by atoms with Gasteiger partial charge in [0, 0.05) is 45.1 Å². The van der Waals surface area contributed by atoms with Crippen LogP contribution in [0.1, 0.15) is 62.2 Å². The van der Waals surface area contributed by atoms with Crippen LogP contribution in [0, 0.1) is 0 Å². The molecule has 0 radical (unpaired) electrons. The normalized spacial score (nSPS) is 16.5. The average Bonchev–Trinajstić information content (AvgIpc) is 3.40. The van der Waals surface area contributed by atoms with Gasteiger partial charge in [0.15, 0.2) is 17.5 Å². The number of hydrogen-bond acceptors (Lipinski definition) is 5. The van der Waals surface area contributed by atoms with Gasteiger partial charge in [0.25, 0.3) is 0 Å². The van der Waals surface area contributed by atoms with Crippen molar-refractivity contribution in [3.63, 3.8) is 0 Å². The number of benzene rings is 1. The van der Waals surface area contributed by atoms with Gasteiger partial charge in [-0.05, 0) is 44.6 Å². The van der Waals surface area contributed by atoms with Crippen molar-refractivity contribution in [3.8, 4) is 11.5 Å². The van der Waals surface area contributed by atoms with Gasteiger partial charge in [0.05, 0.1) is 13.2 Å². The van der Waals surface area contributed by atoms with Gasteiger partial charge < -0.3 is 24.7 Å². The smallest absolute Gasteiger partial charge is 0.191 e. The number of ether oxygens (including phenoxy) is 2. The van der Waals surface area contributed by atoms with Crippen LogP contribution in [0.25, 0.3) is 0 Å². The van der Waals surface area contributed by atoms with Crippen molar-refractivity contribution in [1.82, 2.24) is 25.4 Å². The van der Waals surface area contributed by atoms with Crippen LogP contribution in [0.5, 0.6) is 11.5 Å². The molecule has 4 rings (SSSR count). The Balaban J connectivity index is 0.00000306. The highest BCUT2D eigenvalue weighted by Crippen LogP contribution is 2.34. The van der Waals surface area contributed by atoms with E-state index >= 15 is 0 Å². The number of nitrogens with one attached hydrogen (secondary N) is 2. The Bertz CT molecular complexity index is 910. The number of guanidine groups is 1. The molecule has 0 atom stereocenters. The van der Waals surface area contributed by atoms with E-state index in [9.17, 15) is 0 Å². The second-order valence-corrected chi connectivity index (χ2v) is 8.57. The molecule has 1 aromatic heterocycles. The van der Waals surface area contributed by atoms with E-state index in [0.717, 1.165) is 73.4 Å². The van der Waals surface area contributed by atoms with E-state index in [1.54, 1.807) is 14.2 Å². The summed E-state index contributed by atoms with van der Waals surface area (Å²) in [5.41, 5.74) is 1.07. The number of rotatable bonds is 8. The van der Waals surface area contributed by atoms with Gasteiger partial charge >= 0.3 is 0 Å². The van der Waals surface area contributed by atoms with E-state index in [1.165, 1.54) is 32.1 Å². The van der Waals surface area contributed by atoms with E-state index in [1.807, 2.05) is 12.1 Å². The van der Waals surface area contributed by atoms with Crippen molar-refractivity contribution in [2.45, 2.75) is 77.0 Å². The standard InChI is InChI=1S/C24H36N6O2.HI/c1-25-24(26-15-14-22-29-28-21-13-4-3-7-16-30(21)22)27-17-18-9-8-12-20(31-2)23(18)32-19-10-5-6-11-19;/h8-9,12,19H,3-7,10-11,13-17H2,1-2H3,(H2,25,26,27);1H. The van der Waals surface area contributed by atoms with Crippen LogP contribution in [-0.2, 0) is 25.9 Å². The molecule has 8 nitrogen and oxygen atoms in total. The molecule has 2 aliphatic rings. The van der Waals surface area contributed by atoms with E-state index in [0.29, 0.717) is 6.54 Å². The summed E-state index contributed by atoms with van der Waals surface area (Å²) in [6.45, 7) is 2.39. The Labute approximate surface area is 214 Å². The highest BCUT2D eigenvalue weighted by Gasteiger charge is 2.20. The van der Waals surface area contributed by atoms with Crippen LogP contribution < -0.4 is 20.1 Å². The number of fused-ring (bicyclic) bond motifs is 1. The predicted molar refractivity (Wildman–Crippen MR) is 141 cm³/mol. The minimum Gasteiger partial charge on any atom is -0.493 e. The lowest BCUT2D eigenvalue weighted by atomic mass is 10.1. The van der Waals surface area contributed by atoms with Gasteiger partial charge in [-0.1, -0.05) is 18.6 Å². The molecule has 182 valence electrons. The quantitative estimate of drug-likeness (QED) is 0.286. The van der Waals surface area contributed by atoms with Crippen molar-refractivity contribution in [3.05, 3.63) is 35.4 Å². The topological polar surface area (TPSA) is 85.6 Å². The predicted octanol–water partition coefficient (Wildman–Crippen LogP) is 3.86. The van der Waals surface area contributed by atoms with Crippen LogP contribution in [0.4, 0.5) is 0 Å². The fourth-order valence-electron chi connectivity index (χ4n) is 4.59. The molecule has 33 heavy (non-hydrogen) atoms. The third kappa shape index (κ3) is 6.74. The molecular weight excluding hydrogens is 531 g/mol. The first-order valence-corrected chi connectivity index (χ1v) is 12.0. The maximum atomic E-state index is 6.34. The molecule has 1 fully saturated rings. The monoisotopic (exact) mass is 568 g/mol. The van der Waals surface area contributed by atoms with Gasteiger partial charge in [-0.3, -0.25) is 4.99 Å². The van der Waals surface area contributed by atoms with Crippen molar-refractivity contribution >= 4 is 29.9 Å². The maximum Gasteiger partial charge on any atom is 0.191 e. The molecule has 0 saturated heterocycles. The molecular formula is C24H37IN6O2. The molecule has 2 aromatic rings. The second-order valence-electron chi connectivity index (χ2n) is 8.57. The Morgan fingerprint density at radius 2 is 1.97 bits per heavy atom. The first-order chi connectivity index (χ1) is 15.8. The molecule has 1 aliphatic carbocycles. The van der Waals surface area contributed by atoms with Crippen molar-refractivity contribution in [1.29, 1.82) is 0 Å². The minimum absolute atomic E-state index is 0. The number of halogens is 1. The molecule has 9 heteroatoms. The largest absolute Gasteiger partial charge is 0.493 e. The number of aliphatic imine (C=N–C) groups is 1. The Morgan fingerprint density at radius 3 is 2.76 bits per heavy atom. The fraction of sp³-hybridized carbons (Fsp3) is 0.625. The zero-order chi connectivity index (χ0) is 22.2. The Morgan fingerprint density at radius 1 is 1.12 bits per heavy atom. The Hall–Kier alpha value is -2.04. The van der Waals surface area contributed by atoms with Crippen LogP contribution >= 0.6 is 24.0 Å². The molecule has 0 unspecified atom stereocenters. The summed E-state index contributed by atoms with van der Waals surface area (Å²) < 4.78 is 14.2. The third-order valence-electron chi connectivity index (χ3n) is 6.36. The van der Waals surface area contributed by atoms with E-state index in [4.69, 9.17) is 9.47 Å². The van der Waals surface area contributed by atoms with Crippen molar-refractivity contribution in [2.24, 2.45) is 4.99 Å². The van der Waals surface area contributed by atoms with Crippen molar-refractivity contribution < 1.29 is 9.47 Å². The lowest BCUT2D eigenvalue weighted by Gasteiger charge is -2.20. The summed E-state index contributed by atoms with van der Waals surface area (Å²) >= 11 is 0. The summed E-state index contributed by atoms with van der Waals surface area (Å²) in [4.78, 5) is 4.38. The van der Waals surface area contributed by atoms with Crippen molar-refractivity contribution in [2.75, 3.05) is 20.7 Å². The summed E-state index contributed by atoms with van der Waals surface area (Å²) in [6, 6.07) is 6.05. The summed E-state index contributed by atoms with van der Waals surface area (Å²) in [5, 5.41) is 15.6. The number of para-hydroxylation sites is 1. The summed E-state index contributed by atoms with van der Waals surface area (Å²) in [5.74, 6) is 4.58. The van der Waals surface area contributed by atoms with Gasteiger partial charge in [-0.25, -0.2) is 0 Å². The molecule has 0 amide bonds. The van der Waals surface area contributed by atoms with E-state index in [2.05, 4.69) is 36.5 Å². The molecule has 2 heterocycles. The number of nitrogens with zero attached hydrogens (tertiary/aromatic N) is 4. The molecule has 1 saturated carbocycles. The SMILES string of the molecule is CN=C(NCCc1nnc2n1CCCCC2)NCc1cccc(OC)c1OC1CCCC1.I. The first kappa shape index (κ1) is 25.6. The molecule has 0 spiro atoms. The highest BCUT2D eigenvalue weighted by atomic mass is 127. The molecule has 2 N–H and O–H groups in total. The van der Waals surface area contributed by atoms with Crippen LogP contribution in [0.2, 0.25) is 0 Å². The number of hydrogen-bond donors (Lipinski definition) is 2. The second kappa shape index (κ2) is 13.0. The van der Waals surface area contributed by atoms with Gasteiger partial charge in [-0.15, -0.1) is 34.2 Å². The summed E-state index contributed by atoms with van der Waals surface area (Å²) in [6.07, 6.45) is 10.5. The fourth-order valence-corrected chi connectivity index (χ4v) is 4.59. The van der Waals surface area contributed by atoms with Gasteiger partial charge in [0.2, 0.25) is 0 Å². The molecule has 0 bridgehead atoms. The summed E-state index contributed by atoms with van der Waals surface area (Å²) in [7, 11) is 3.49. The Kier molecular flexibility index (Phi) is 10.1.